The number of hydrogen-bond donors (Lipinski definition) is 1. The van der Waals surface area contributed by atoms with Gasteiger partial charge in [-0.2, -0.15) is 13.2 Å². The van der Waals surface area contributed by atoms with E-state index in [9.17, 15) is 18.3 Å². The molecule has 0 saturated carbocycles. The summed E-state index contributed by atoms with van der Waals surface area (Å²) in [6, 6.07) is 2.68. The number of aryl methyl sites for hydroxylation is 1. The van der Waals surface area contributed by atoms with Gasteiger partial charge in [-0.3, -0.25) is 4.99 Å². The number of aliphatic hydroxyl groups is 1. The van der Waals surface area contributed by atoms with Crippen molar-refractivity contribution in [3.8, 4) is 5.75 Å². The molecule has 1 unspecified atom stereocenters. The first-order chi connectivity index (χ1) is 9.21. The summed E-state index contributed by atoms with van der Waals surface area (Å²) in [5.74, 6) is -0.0297. The van der Waals surface area contributed by atoms with Crippen molar-refractivity contribution in [3.63, 3.8) is 0 Å². The first-order valence-corrected chi connectivity index (χ1v) is 6.18. The molecule has 0 amide bonds. The first-order valence-electron chi connectivity index (χ1n) is 6.18. The van der Waals surface area contributed by atoms with Gasteiger partial charge < -0.3 is 9.84 Å². The summed E-state index contributed by atoms with van der Waals surface area (Å²) in [5.41, 5.74) is -2.18. The van der Waals surface area contributed by atoms with Crippen molar-refractivity contribution in [3.05, 3.63) is 23.3 Å². The molecule has 0 aliphatic carbocycles. The molecule has 6 heteroatoms. The Balaban J connectivity index is 3.56. The fourth-order valence-corrected chi connectivity index (χ4v) is 1.99. The van der Waals surface area contributed by atoms with Crippen molar-refractivity contribution < 1.29 is 23.0 Å². The number of aliphatic imine (C=N–C) groups is 1. The van der Waals surface area contributed by atoms with Gasteiger partial charge in [0.05, 0.1) is 12.8 Å². The quantitative estimate of drug-likeness (QED) is 0.854. The largest absolute Gasteiger partial charge is 0.496 e. The number of rotatable bonds is 4. The number of halogens is 3. The van der Waals surface area contributed by atoms with Crippen LogP contribution in [0.4, 0.5) is 18.9 Å². The van der Waals surface area contributed by atoms with Crippen molar-refractivity contribution in [2.24, 2.45) is 4.99 Å². The van der Waals surface area contributed by atoms with Crippen molar-refractivity contribution in [2.45, 2.75) is 39.0 Å². The van der Waals surface area contributed by atoms with Crippen LogP contribution in [0.3, 0.4) is 0 Å². The Hall–Kier alpha value is -1.56. The zero-order valence-electron chi connectivity index (χ0n) is 11.9. The second-order valence-electron chi connectivity index (χ2n) is 4.44. The normalized spacial score (nSPS) is 15.4. The molecule has 0 bridgehead atoms. The smallest absolute Gasteiger partial charge is 0.421 e. The number of alkyl halides is 3. The third-order valence-corrected chi connectivity index (χ3v) is 3.21. The van der Waals surface area contributed by atoms with Crippen LogP contribution in [0.1, 0.15) is 31.4 Å². The molecule has 20 heavy (non-hydrogen) atoms. The second-order valence-corrected chi connectivity index (χ2v) is 4.44. The van der Waals surface area contributed by atoms with E-state index in [4.69, 9.17) is 4.74 Å². The third-order valence-electron chi connectivity index (χ3n) is 3.21. The van der Waals surface area contributed by atoms with Crippen LogP contribution in [0.25, 0.3) is 0 Å². The molecular weight excluding hydrogens is 271 g/mol. The van der Waals surface area contributed by atoms with Gasteiger partial charge in [0.2, 0.25) is 0 Å². The molecule has 0 aliphatic rings. The monoisotopic (exact) mass is 289 g/mol. The molecule has 0 saturated heterocycles. The molecule has 1 aromatic carbocycles. The zero-order chi connectivity index (χ0) is 15.6. The van der Waals surface area contributed by atoms with Crippen molar-refractivity contribution in [1.29, 1.82) is 0 Å². The van der Waals surface area contributed by atoms with Gasteiger partial charge in [0.25, 0.3) is 0 Å². The maximum atomic E-state index is 13.2. The Morgan fingerprint density at radius 3 is 2.35 bits per heavy atom. The van der Waals surface area contributed by atoms with Gasteiger partial charge in [0, 0.05) is 17.8 Å². The van der Waals surface area contributed by atoms with E-state index in [0.29, 0.717) is 11.3 Å². The molecule has 1 aromatic rings. The van der Waals surface area contributed by atoms with Crippen molar-refractivity contribution in [1.82, 2.24) is 0 Å². The Labute approximate surface area is 116 Å². The lowest BCUT2D eigenvalue weighted by atomic mass is 9.88. The van der Waals surface area contributed by atoms with E-state index in [-0.39, 0.29) is 11.3 Å². The average Bonchev–Trinajstić information content (AvgIpc) is 2.38. The maximum absolute atomic E-state index is 13.2. The Kier molecular flexibility index (Phi) is 4.81. The first kappa shape index (κ1) is 16.5. The van der Waals surface area contributed by atoms with E-state index in [0.717, 1.165) is 0 Å². The van der Waals surface area contributed by atoms with Gasteiger partial charge >= 0.3 is 6.18 Å². The van der Waals surface area contributed by atoms with Gasteiger partial charge in [-0.1, -0.05) is 6.92 Å². The van der Waals surface area contributed by atoms with Crippen LogP contribution in [0.2, 0.25) is 0 Å². The number of nitrogens with zero attached hydrogens (tertiary/aromatic N) is 1. The summed E-state index contributed by atoms with van der Waals surface area (Å²) in [6.45, 7) is 4.62. The minimum Gasteiger partial charge on any atom is -0.496 e. The molecule has 0 aliphatic heterocycles. The highest BCUT2D eigenvalue weighted by Crippen LogP contribution is 2.46. The topological polar surface area (TPSA) is 41.8 Å². The van der Waals surface area contributed by atoms with Crippen LogP contribution in [0.5, 0.6) is 5.75 Å². The van der Waals surface area contributed by atoms with Crippen LogP contribution in [0, 0.1) is 6.92 Å². The minimum absolute atomic E-state index is 0.0297. The van der Waals surface area contributed by atoms with E-state index < -0.39 is 18.2 Å². The number of methoxy groups -OCH3 is 1. The number of ether oxygens (including phenoxy) is 1. The molecule has 0 heterocycles. The molecule has 1 N–H and O–H groups in total. The highest BCUT2D eigenvalue weighted by atomic mass is 19.4. The summed E-state index contributed by atoms with van der Waals surface area (Å²) in [6.07, 6.45) is -3.74. The molecular formula is C14H18F3NO2. The molecule has 1 atom stereocenters. The number of hydrogen-bond acceptors (Lipinski definition) is 3. The Morgan fingerprint density at radius 1 is 1.35 bits per heavy atom. The van der Waals surface area contributed by atoms with Gasteiger partial charge in [-0.25, -0.2) is 0 Å². The van der Waals surface area contributed by atoms with Gasteiger partial charge in [0.15, 0.2) is 5.60 Å². The summed E-state index contributed by atoms with van der Waals surface area (Å²) >= 11 is 0. The molecule has 0 spiro atoms. The van der Waals surface area contributed by atoms with Crippen LogP contribution in [-0.4, -0.2) is 24.6 Å². The molecule has 3 nitrogen and oxygen atoms in total. The fraction of sp³-hybridized carbons (Fsp3) is 0.500. The second kappa shape index (κ2) is 5.83. The predicted molar refractivity (Wildman–Crippen MR) is 71.8 cm³/mol. The Morgan fingerprint density at radius 2 is 1.95 bits per heavy atom. The van der Waals surface area contributed by atoms with Crippen LogP contribution < -0.4 is 4.74 Å². The van der Waals surface area contributed by atoms with Crippen LogP contribution >= 0.6 is 0 Å². The average molecular weight is 289 g/mol. The lowest BCUT2D eigenvalue weighted by Gasteiger charge is -2.31. The maximum Gasteiger partial charge on any atom is 0.421 e. The van der Waals surface area contributed by atoms with E-state index in [2.05, 4.69) is 4.99 Å². The van der Waals surface area contributed by atoms with Gasteiger partial charge in [0.1, 0.15) is 5.75 Å². The summed E-state index contributed by atoms with van der Waals surface area (Å²) in [5, 5.41) is 10.0. The summed E-state index contributed by atoms with van der Waals surface area (Å²) < 4.78 is 44.5. The van der Waals surface area contributed by atoms with E-state index in [1.165, 1.54) is 32.4 Å². The van der Waals surface area contributed by atoms with E-state index in [1.54, 1.807) is 13.8 Å². The van der Waals surface area contributed by atoms with Gasteiger partial charge in [-0.15, -0.1) is 0 Å². The standard InChI is InChI=1S/C14H18F3NO2/c1-5-13(19,14(15,16)17)10-7-9(3)11(18-6-2)8-12(10)20-4/h6-8,19H,5H2,1-4H3/b18-6-. The molecule has 0 fully saturated rings. The van der Waals surface area contributed by atoms with Crippen molar-refractivity contribution in [2.75, 3.05) is 7.11 Å². The lowest BCUT2D eigenvalue weighted by molar-refractivity contribution is -0.268. The molecule has 1 rings (SSSR count). The SMILES string of the molecule is C/C=N\c1cc(OC)c(C(O)(CC)C(F)(F)F)cc1C. The predicted octanol–water partition coefficient (Wildman–Crippen LogP) is 3.89. The summed E-state index contributed by atoms with van der Waals surface area (Å²) in [7, 11) is 1.26. The number of benzene rings is 1. The zero-order valence-corrected chi connectivity index (χ0v) is 11.9. The van der Waals surface area contributed by atoms with E-state index in [1.807, 2.05) is 0 Å². The van der Waals surface area contributed by atoms with Crippen LogP contribution in [-0.2, 0) is 5.60 Å². The molecule has 0 aromatic heterocycles. The highest BCUT2D eigenvalue weighted by molar-refractivity contribution is 5.65. The Bertz CT molecular complexity index is 512. The highest BCUT2D eigenvalue weighted by Gasteiger charge is 2.55. The fourth-order valence-electron chi connectivity index (χ4n) is 1.99. The van der Waals surface area contributed by atoms with Gasteiger partial charge in [-0.05, 0) is 31.9 Å². The summed E-state index contributed by atoms with van der Waals surface area (Å²) in [4.78, 5) is 4.06. The van der Waals surface area contributed by atoms with E-state index >= 15 is 0 Å². The lowest BCUT2D eigenvalue weighted by Crippen LogP contribution is -2.42. The molecule has 0 radical (unpaired) electrons. The molecule has 112 valence electrons. The van der Waals surface area contributed by atoms with Crippen molar-refractivity contribution >= 4 is 11.9 Å². The van der Waals surface area contributed by atoms with Crippen LogP contribution in [0.15, 0.2) is 17.1 Å². The minimum atomic E-state index is -4.78. The third kappa shape index (κ3) is 2.80.